The number of amides is 1. The molecule has 0 spiro atoms. The Bertz CT molecular complexity index is 476. The van der Waals surface area contributed by atoms with Crippen LogP contribution in [-0.4, -0.2) is 23.8 Å². The van der Waals surface area contributed by atoms with Crippen molar-refractivity contribution >= 4 is 17.4 Å². The summed E-state index contributed by atoms with van der Waals surface area (Å²) in [6.45, 7) is 6.80. The van der Waals surface area contributed by atoms with Crippen LogP contribution in [0.5, 0.6) is 5.88 Å². The second kappa shape index (κ2) is 5.16. The van der Waals surface area contributed by atoms with Crippen LogP contribution in [-0.2, 0) is 4.79 Å². The number of carbonyl (C=O) groups excluding carboxylic acids is 2. The number of rotatable bonds is 3. The predicted octanol–water partition coefficient (Wildman–Crippen LogP) is 2.28. The molecular formula is C13H18N2O3. The van der Waals surface area contributed by atoms with E-state index in [1.165, 1.54) is 20.2 Å². The fourth-order valence-corrected chi connectivity index (χ4v) is 1.31. The summed E-state index contributed by atoms with van der Waals surface area (Å²) < 4.78 is 5.07. The van der Waals surface area contributed by atoms with Crippen LogP contribution >= 0.6 is 0 Å². The molecule has 0 radical (unpaired) electrons. The first-order valence-electron chi connectivity index (χ1n) is 5.62. The molecule has 0 saturated heterocycles. The summed E-state index contributed by atoms with van der Waals surface area (Å²) >= 11 is 0. The average Bonchev–Trinajstić information content (AvgIpc) is 2.27. The number of ether oxygens (including phenoxy) is 1. The van der Waals surface area contributed by atoms with Crippen LogP contribution in [0.4, 0.5) is 5.69 Å². The van der Waals surface area contributed by atoms with Crippen molar-refractivity contribution < 1.29 is 14.3 Å². The van der Waals surface area contributed by atoms with Crippen molar-refractivity contribution in [1.29, 1.82) is 0 Å². The van der Waals surface area contributed by atoms with Gasteiger partial charge in [-0.1, -0.05) is 20.8 Å². The van der Waals surface area contributed by atoms with Gasteiger partial charge in [-0.05, 0) is 13.0 Å². The van der Waals surface area contributed by atoms with Crippen LogP contribution in [0.3, 0.4) is 0 Å². The molecule has 1 amide bonds. The maximum absolute atomic E-state index is 12.0. The van der Waals surface area contributed by atoms with Crippen molar-refractivity contribution in [3.05, 3.63) is 17.8 Å². The number of hydrogen-bond donors (Lipinski definition) is 1. The highest BCUT2D eigenvalue weighted by Crippen LogP contribution is 2.28. The highest BCUT2D eigenvalue weighted by Gasteiger charge is 2.24. The van der Waals surface area contributed by atoms with Crippen LogP contribution in [0.25, 0.3) is 0 Å². The Morgan fingerprint density at radius 3 is 2.39 bits per heavy atom. The Balaban J connectivity index is 3.21. The smallest absolute Gasteiger partial charge is 0.238 e. The molecular weight excluding hydrogens is 232 g/mol. The number of nitrogens with one attached hydrogen (secondary N) is 1. The van der Waals surface area contributed by atoms with Gasteiger partial charge in [-0.25, -0.2) is 4.98 Å². The number of hydrogen-bond acceptors (Lipinski definition) is 4. The monoisotopic (exact) mass is 250 g/mol. The standard InChI is InChI=1S/C13H18N2O3/c1-8(16)9-6-7-14-11(18-5)10(9)15-12(17)13(2,3)4/h6-7H,1-5H3,(H,15,17). The number of aromatic nitrogens is 1. The zero-order valence-electron chi connectivity index (χ0n) is 11.3. The zero-order valence-corrected chi connectivity index (χ0v) is 11.3. The first-order valence-corrected chi connectivity index (χ1v) is 5.62. The number of Topliss-reactive ketones (excluding diaryl/α,β-unsaturated/α-hetero) is 1. The summed E-state index contributed by atoms with van der Waals surface area (Å²) in [4.78, 5) is 27.5. The van der Waals surface area contributed by atoms with Gasteiger partial charge in [0.05, 0.1) is 7.11 Å². The van der Waals surface area contributed by atoms with E-state index in [4.69, 9.17) is 4.74 Å². The number of nitrogens with zero attached hydrogens (tertiary/aromatic N) is 1. The molecule has 18 heavy (non-hydrogen) atoms. The van der Waals surface area contributed by atoms with E-state index >= 15 is 0 Å². The third-order valence-electron chi connectivity index (χ3n) is 2.41. The van der Waals surface area contributed by atoms with E-state index in [0.29, 0.717) is 11.3 Å². The van der Waals surface area contributed by atoms with E-state index in [9.17, 15) is 9.59 Å². The lowest BCUT2D eigenvalue weighted by molar-refractivity contribution is -0.123. The van der Waals surface area contributed by atoms with Gasteiger partial charge in [0.2, 0.25) is 11.8 Å². The molecule has 1 heterocycles. The summed E-state index contributed by atoms with van der Waals surface area (Å²) in [5.41, 5.74) is 0.154. The highest BCUT2D eigenvalue weighted by atomic mass is 16.5. The second-order valence-electron chi connectivity index (χ2n) is 5.00. The Labute approximate surface area is 107 Å². The van der Waals surface area contributed by atoms with Crippen LogP contribution in [0.15, 0.2) is 12.3 Å². The van der Waals surface area contributed by atoms with Crippen molar-refractivity contribution in [2.24, 2.45) is 5.41 Å². The zero-order chi connectivity index (χ0) is 13.9. The third kappa shape index (κ3) is 3.06. The Morgan fingerprint density at radius 1 is 1.33 bits per heavy atom. The van der Waals surface area contributed by atoms with E-state index in [2.05, 4.69) is 10.3 Å². The summed E-state index contributed by atoms with van der Waals surface area (Å²) in [5.74, 6) is -0.114. The Kier molecular flexibility index (Phi) is 4.06. The molecule has 1 aromatic heterocycles. The molecule has 1 aromatic rings. The molecule has 5 nitrogen and oxygen atoms in total. The van der Waals surface area contributed by atoms with E-state index in [1.54, 1.807) is 26.8 Å². The van der Waals surface area contributed by atoms with Crippen LogP contribution in [0.2, 0.25) is 0 Å². The van der Waals surface area contributed by atoms with Gasteiger partial charge in [0, 0.05) is 17.2 Å². The molecule has 98 valence electrons. The number of pyridine rings is 1. The topological polar surface area (TPSA) is 68.3 Å². The fourth-order valence-electron chi connectivity index (χ4n) is 1.31. The maximum atomic E-state index is 12.0. The summed E-state index contributed by atoms with van der Waals surface area (Å²) in [6, 6.07) is 1.56. The van der Waals surface area contributed by atoms with Gasteiger partial charge in [-0.2, -0.15) is 0 Å². The van der Waals surface area contributed by atoms with Crippen LogP contribution in [0.1, 0.15) is 38.1 Å². The SMILES string of the molecule is COc1nccc(C(C)=O)c1NC(=O)C(C)(C)C. The average molecular weight is 250 g/mol. The first-order chi connectivity index (χ1) is 8.27. The van der Waals surface area contributed by atoms with E-state index in [1.807, 2.05) is 0 Å². The molecule has 0 aliphatic carbocycles. The number of carbonyl (C=O) groups is 2. The van der Waals surface area contributed by atoms with Crippen molar-refractivity contribution in [2.45, 2.75) is 27.7 Å². The van der Waals surface area contributed by atoms with Gasteiger partial charge < -0.3 is 10.1 Å². The molecule has 0 aliphatic rings. The summed E-state index contributed by atoms with van der Waals surface area (Å²) in [7, 11) is 1.44. The summed E-state index contributed by atoms with van der Waals surface area (Å²) in [5, 5.41) is 2.70. The van der Waals surface area contributed by atoms with Gasteiger partial charge in [-0.3, -0.25) is 9.59 Å². The van der Waals surface area contributed by atoms with Crippen molar-refractivity contribution in [1.82, 2.24) is 4.98 Å². The molecule has 1 N–H and O–H groups in total. The largest absolute Gasteiger partial charge is 0.479 e. The molecule has 0 fully saturated rings. The van der Waals surface area contributed by atoms with Crippen LogP contribution < -0.4 is 10.1 Å². The van der Waals surface area contributed by atoms with Gasteiger partial charge in [-0.15, -0.1) is 0 Å². The third-order valence-corrected chi connectivity index (χ3v) is 2.41. The number of methoxy groups -OCH3 is 1. The Morgan fingerprint density at radius 2 is 1.94 bits per heavy atom. The quantitative estimate of drug-likeness (QED) is 0.835. The summed E-state index contributed by atoms with van der Waals surface area (Å²) in [6.07, 6.45) is 1.47. The molecule has 0 bridgehead atoms. The maximum Gasteiger partial charge on any atom is 0.238 e. The minimum atomic E-state index is -0.561. The van der Waals surface area contributed by atoms with Crippen molar-refractivity contribution in [2.75, 3.05) is 12.4 Å². The molecule has 0 aromatic carbocycles. The van der Waals surface area contributed by atoms with E-state index < -0.39 is 5.41 Å². The van der Waals surface area contributed by atoms with E-state index in [0.717, 1.165) is 0 Å². The lowest BCUT2D eigenvalue weighted by Crippen LogP contribution is -2.28. The second-order valence-corrected chi connectivity index (χ2v) is 5.00. The fraction of sp³-hybridized carbons (Fsp3) is 0.462. The minimum absolute atomic E-state index is 0.153. The number of ketones is 1. The van der Waals surface area contributed by atoms with Crippen LogP contribution in [0, 0.1) is 5.41 Å². The predicted molar refractivity (Wildman–Crippen MR) is 68.9 cm³/mol. The Hall–Kier alpha value is -1.91. The molecule has 0 atom stereocenters. The normalized spacial score (nSPS) is 10.9. The van der Waals surface area contributed by atoms with E-state index in [-0.39, 0.29) is 17.6 Å². The molecule has 5 heteroatoms. The molecule has 0 saturated carbocycles. The highest BCUT2D eigenvalue weighted by molar-refractivity contribution is 6.05. The lowest BCUT2D eigenvalue weighted by atomic mass is 9.95. The molecule has 0 unspecified atom stereocenters. The van der Waals surface area contributed by atoms with Gasteiger partial charge >= 0.3 is 0 Å². The lowest BCUT2D eigenvalue weighted by Gasteiger charge is -2.19. The van der Waals surface area contributed by atoms with Crippen molar-refractivity contribution in [3.63, 3.8) is 0 Å². The van der Waals surface area contributed by atoms with Crippen molar-refractivity contribution in [3.8, 4) is 5.88 Å². The number of anilines is 1. The first kappa shape index (κ1) is 14.2. The molecule has 0 aliphatic heterocycles. The molecule has 1 rings (SSSR count). The minimum Gasteiger partial charge on any atom is -0.479 e. The van der Waals surface area contributed by atoms with Gasteiger partial charge in [0.15, 0.2) is 5.78 Å². The van der Waals surface area contributed by atoms with Gasteiger partial charge in [0.1, 0.15) is 5.69 Å². The van der Waals surface area contributed by atoms with Gasteiger partial charge in [0.25, 0.3) is 0 Å².